The molecule has 0 radical (unpaired) electrons. The smallest absolute Gasteiger partial charge is 0.288 e. The Labute approximate surface area is 151 Å². The lowest BCUT2D eigenvalue weighted by Crippen LogP contribution is -2.26. The monoisotopic (exact) mass is 376 g/mol. The maximum atomic E-state index is 12.6. The van der Waals surface area contributed by atoms with Gasteiger partial charge in [-0.15, -0.1) is 5.10 Å². The van der Waals surface area contributed by atoms with Gasteiger partial charge in [-0.3, -0.25) is 9.59 Å². The minimum Gasteiger partial charge on any atom is -0.325 e. The SMILES string of the molecule is O=C(CCn1nnc2ccccc2c1=O)Nc1ccccc1SC(F)F. The molecule has 1 heterocycles. The lowest BCUT2D eigenvalue weighted by Gasteiger charge is -2.10. The summed E-state index contributed by atoms with van der Waals surface area (Å²) in [5, 5.41) is 10.8. The van der Waals surface area contributed by atoms with Gasteiger partial charge in [-0.05, 0) is 24.3 Å². The molecule has 0 fully saturated rings. The van der Waals surface area contributed by atoms with Gasteiger partial charge in [-0.1, -0.05) is 41.2 Å². The molecule has 0 unspecified atom stereocenters. The normalized spacial score (nSPS) is 11.0. The zero-order valence-corrected chi connectivity index (χ0v) is 14.2. The second-order valence-electron chi connectivity index (χ2n) is 5.31. The van der Waals surface area contributed by atoms with Gasteiger partial charge >= 0.3 is 0 Å². The number of benzene rings is 2. The highest BCUT2D eigenvalue weighted by Crippen LogP contribution is 2.31. The third kappa shape index (κ3) is 4.23. The third-order valence-electron chi connectivity index (χ3n) is 3.56. The van der Waals surface area contributed by atoms with Crippen LogP contribution >= 0.6 is 11.8 Å². The average Bonchev–Trinajstić information content (AvgIpc) is 2.63. The molecule has 0 saturated heterocycles. The Kier molecular flexibility index (Phi) is 5.57. The second kappa shape index (κ2) is 8.05. The van der Waals surface area contributed by atoms with Crippen LogP contribution in [0.5, 0.6) is 0 Å². The van der Waals surface area contributed by atoms with Crippen LogP contribution < -0.4 is 10.9 Å². The van der Waals surface area contributed by atoms with Crippen molar-refractivity contribution in [1.29, 1.82) is 0 Å². The van der Waals surface area contributed by atoms with E-state index in [-0.39, 0.29) is 23.4 Å². The van der Waals surface area contributed by atoms with E-state index in [1.807, 2.05) is 0 Å². The van der Waals surface area contributed by atoms with Crippen molar-refractivity contribution >= 4 is 34.3 Å². The van der Waals surface area contributed by atoms with Crippen molar-refractivity contribution in [2.24, 2.45) is 0 Å². The van der Waals surface area contributed by atoms with Crippen LogP contribution in [-0.2, 0) is 11.3 Å². The Morgan fingerprint density at radius 3 is 2.69 bits per heavy atom. The molecule has 0 bridgehead atoms. The first-order valence-electron chi connectivity index (χ1n) is 7.71. The van der Waals surface area contributed by atoms with Gasteiger partial charge in [0.05, 0.1) is 17.6 Å². The summed E-state index contributed by atoms with van der Waals surface area (Å²) in [7, 11) is 0. The van der Waals surface area contributed by atoms with Gasteiger partial charge in [-0.2, -0.15) is 8.78 Å². The third-order valence-corrected chi connectivity index (χ3v) is 4.35. The van der Waals surface area contributed by atoms with E-state index in [9.17, 15) is 18.4 Å². The molecule has 26 heavy (non-hydrogen) atoms. The van der Waals surface area contributed by atoms with Gasteiger partial charge in [-0.25, -0.2) is 4.68 Å². The summed E-state index contributed by atoms with van der Waals surface area (Å²) in [5.74, 6) is -2.99. The molecule has 1 aromatic heterocycles. The Balaban J connectivity index is 1.69. The molecule has 2 aromatic carbocycles. The summed E-state index contributed by atoms with van der Waals surface area (Å²) in [6, 6.07) is 13.1. The molecule has 0 atom stereocenters. The molecule has 3 rings (SSSR count). The Morgan fingerprint density at radius 1 is 1.15 bits per heavy atom. The van der Waals surface area contributed by atoms with E-state index >= 15 is 0 Å². The van der Waals surface area contributed by atoms with Gasteiger partial charge in [0.2, 0.25) is 5.91 Å². The first-order chi connectivity index (χ1) is 12.5. The molecule has 0 aliphatic rings. The van der Waals surface area contributed by atoms with E-state index in [0.717, 1.165) is 4.68 Å². The number of para-hydroxylation sites is 1. The number of alkyl halides is 2. The molecular weight excluding hydrogens is 362 g/mol. The van der Waals surface area contributed by atoms with E-state index in [2.05, 4.69) is 15.6 Å². The number of amides is 1. The lowest BCUT2D eigenvalue weighted by molar-refractivity contribution is -0.116. The fourth-order valence-corrected chi connectivity index (χ4v) is 2.95. The summed E-state index contributed by atoms with van der Waals surface area (Å²) in [4.78, 5) is 24.7. The van der Waals surface area contributed by atoms with Crippen LogP contribution in [0.3, 0.4) is 0 Å². The minimum absolute atomic E-state index is 0.0344. The number of hydrogen-bond acceptors (Lipinski definition) is 5. The van der Waals surface area contributed by atoms with Crippen LogP contribution in [0.1, 0.15) is 6.42 Å². The highest BCUT2D eigenvalue weighted by atomic mass is 32.2. The second-order valence-corrected chi connectivity index (χ2v) is 6.34. The topological polar surface area (TPSA) is 76.9 Å². The predicted molar refractivity (Wildman–Crippen MR) is 95.3 cm³/mol. The summed E-state index contributed by atoms with van der Waals surface area (Å²) >= 11 is 0.360. The number of aromatic nitrogens is 3. The number of carbonyl (C=O) groups is 1. The number of nitrogens with zero attached hydrogens (tertiary/aromatic N) is 3. The fraction of sp³-hybridized carbons (Fsp3) is 0.176. The standard InChI is InChI=1S/C17H14F2N4O2S/c18-17(19)26-14-8-4-3-7-13(14)20-15(24)9-10-23-16(25)11-5-1-2-6-12(11)21-22-23/h1-8,17H,9-10H2,(H,20,24). The van der Waals surface area contributed by atoms with Crippen LogP contribution in [0.2, 0.25) is 0 Å². The van der Waals surface area contributed by atoms with Crippen LogP contribution in [0.15, 0.2) is 58.2 Å². The van der Waals surface area contributed by atoms with Crippen molar-refractivity contribution in [1.82, 2.24) is 15.0 Å². The highest BCUT2D eigenvalue weighted by Gasteiger charge is 2.12. The number of halogens is 2. The van der Waals surface area contributed by atoms with Gasteiger partial charge in [0.25, 0.3) is 11.3 Å². The van der Waals surface area contributed by atoms with Crippen molar-refractivity contribution in [2.75, 3.05) is 5.32 Å². The van der Waals surface area contributed by atoms with Crippen molar-refractivity contribution in [3.63, 3.8) is 0 Å². The Hall–Kier alpha value is -2.81. The molecule has 6 nitrogen and oxygen atoms in total. The van der Waals surface area contributed by atoms with Crippen molar-refractivity contribution in [3.8, 4) is 0 Å². The van der Waals surface area contributed by atoms with Gasteiger partial charge in [0.1, 0.15) is 5.52 Å². The van der Waals surface area contributed by atoms with Crippen molar-refractivity contribution < 1.29 is 13.6 Å². The Bertz CT molecular complexity index is 994. The van der Waals surface area contributed by atoms with E-state index in [0.29, 0.717) is 28.4 Å². The zero-order valence-electron chi connectivity index (χ0n) is 13.4. The van der Waals surface area contributed by atoms with Crippen molar-refractivity contribution in [3.05, 3.63) is 58.9 Å². The maximum Gasteiger partial charge on any atom is 0.288 e. The number of fused-ring (bicyclic) bond motifs is 1. The molecule has 0 aliphatic heterocycles. The van der Waals surface area contributed by atoms with E-state index in [4.69, 9.17) is 0 Å². The molecule has 3 aromatic rings. The number of nitrogens with one attached hydrogen (secondary N) is 1. The molecule has 9 heteroatoms. The van der Waals surface area contributed by atoms with Crippen LogP contribution in [0.4, 0.5) is 14.5 Å². The number of anilines is 1. The number of rotatable bonds is 6. The number of aryl methyl sites for hydroxylation is 1. The molecule has 1 amide bonds. The van der Waals surface area contributed by atoms with Crippen molar-refractivity contribution in [2.45, 2.75) is 23.6 Å². The van der Waals surface area contributed by atoms with E-state index < -0.39 is 11.7 Å². The van der Waals surface area contributed by atoms with Gasteiger partial charge in [0, 0.05) is 11.3 Å². The van der Waals surface area contributed by atoms with Gasteiger partial charge in [0.15, 0.2) is 0 Å². The minimum atomic E-state index is -2.58. The summed E-state index contributed by atoms with van der Waals surface area (Å²) in [6.45, 7) is 0.0344. The zero-order chi connectivity index (χ0) is 18.5. The summed E-state index contributed by atoms with van der Waals surface area (Å²) < 4.78 is 26.3. The average molecular weight is 376 g/mol. The quantitative estimate of drug-likeness (QED) is 0.669. The van der Waals surface area contributed by atoms with E-state index in [1.165, 1.54) is 6.07 Å². The molecule has 0 spiro atoms. The highest BCUT2D eigenvalue weighted by molar-refractivity contribution is 7.99. The number of thioether (sulfide) groups is 1. The van der Waals surface area contributed by atoms with Crippen LogP contribution in [-0.4, -0.2) is 26.7 Å². The van der Waals surface area contributed by atoms with Gasteiger partial charge < -0.3 is 5.32 Å². The number of hydrogen-bond donors (Lipinski definition) is 1. The summed E-state index contributed by atoms with van der Waals surface area (Å²) in [5.41, 5.74) is 0.452. The first-order valence-corrected chi connectivity index (χ1v) is 8.59. The lowest BCUT2D eigenvalue weighted by atomic mass is 10.2. The molecule has 134 valence electrons. The molecule has 1 N–H and O–H groups in total. The number of carbonyl (C=O) groups excluding carboxylic acids is 1. The van der Waals surface area contributed by atoms with E-state index in [1.54, 1.807) is 42.5 Å². The first kappa shape index (κ1) is 18.0. The largest absolute Gasteiger partial charge is 0.325 e. The summed E-state index contributed by atoms with van der Waals surface area (Å²) in [6.07, 6.45) is -0.0411. The van der Waals surface area contributed by atoms with Crippen LogP contribution in [0.25, 0.3) is 10.9 Å². The predicted octanol–water partition coefficient (Wildman–Crippen LogP) is 3.14. The Morgan fingerprint density at radius 2 is 1.88 bits per heavy atom. The fourth-order valence-electron chi connectivity index (χ4n) is 2.36. The molecule has 0 saturated carbocycles. The molecule has 0 aliphatic carbocycles. The molecular formula is C17H14F2N4O2S. The van der Waals surface area contributed by atoms with Crippen LogP contribution in [0, 0.1) is 0 Å². The maximum absolute atomic E-state index is 12.6.